The van der Waals surface area contributed by atoms with Gasteiger partial charge < -0.3 is 10.2 Å². The standard InChI is InChI=1S/C11H22Cl2N2/c1-4-15(5-2)8-9(3)14-7-10-6-11(10,12)13/h9-10,14H,4-8H2,1-3H3. The first-order valence-electron chi connectivity index (χ1n) is 5.83. The van der Waals surface area contributed by atoms with Crippen LogP contribution in [-0.4, -0.2) is 41.5 Å². The summed E-state index contributed by atoms with van der Waals surface area (Å²) in [5.74, 6) is 0.444. The summed E-state index contributed by atoms with van der Waals surface area (Å²) in [6.07, 6.45) is 0.932. The summed E-state index contributed by atoms with van der Waals surface area (Å²) in [4.78, 5) is 2.42. The number of likely N-dealkylation sites (N-methyl/N-ethyl adjacent to an activating group) is 1. The lowest BCUT2D eigenvalue weighted by Crippen LogP contribution is -2.40. The number of alkyl halides is 2. The van der Waals surface area contributed by atoms with E-state index in [9.17, 15) is 0 Å². The minimum atomic E-state index is -0.443. The van der Waals surface area contributed by atoms with Gasteiger partial charge in [0.25, 0.3) is 0 Å². The number of nitrogens with zero attached hydrogens (tertiary/aromatic N) is 1. The van der Waals surface area contributed by atoms with Crippen LogP contribution in [0.15, 0.2) is 0 Å². The molecule has 0 aliphatic heterocycles. The molecule has 0 aromatic carbocycles. The fraction of sp³-hybridized carbons (Fsp3) is 1.00. The topological polar surface area (TPSA) is 15.3 Å². The van der Waals surface area contributed by atoms with Gasteiger partial charge in [-0.1, -0.05) is 13.8 Å². The molecule has 0 amide bonds. The smallest absolute Gasteiger partial charge is 0.122 e. The highest BCUT2D eigenvalue weighted by Gasteiger charge is 2.51. The van der Waals surface area contributed by atoms with E-state index in [1.54, 1.807) is 0 Å². The number of halogens is 2. The van der Waals surface area contributed by atoms with Crippen molar-refractivity contribution in [3.63, 3.8) is 0 Å². The number of rotatable bonds is 7. The Hall–Kier alpha value is 0.500. The van der Waals surface area contributed by atoms with Gasteiger partial charge in [-0.15, -0.1) is 23.2 Å². The summed E-state index contributed by atoms with van der Waals surface area (Å²) in [7, 11) is 0. The van der Waals surface area contributed by atoms with Gasteiger partial charge in [0, 0.05) is 25.0 Å². The fourth-order valence-corrected chi connectivity index (χ4v) is 2.30. The Morgan fingerprint density at radius 2 is 1.93 bits per heavy atom. The Balaban J connectivity index is 2.11. The van der Waals surface area contributed by atoms with Crippen molar-refractivity contribution in [2.45, 2.75) is 37.6 Å². The van der Waals surface area contributed by atoms with Crippen molar-refractivity contribution in [2.24, 2.45) is 5.92 Å². The Labute approximate surface area is 103 Å². The first kappa shape index (κ1) is 13.6. The van der Waals surface area contributed by atoms with E-state index in [2.05, 4.69) is 31.0 Å². The zero-order chi connectivity index (χ0) is 11.5. The third-order valence-electron chi connectivity index (χ3n) is 3.09. The number of nitrogens with one attached hydrogen (secondary N) is 1. The van der Waals surface area contributed by atoms with Crippen LogP contribution in [0.3, 0.4) is 0 Å². The van der Waals surface area contributed by atoms with E-state index in [1.807, 2.05) is 0 Å². The molecule has 1 fully saturated rings. The molecule has 2 atom stereocenters. The van der Waals surface area contributed by atoms with Crippen LogP contribution in [0, 0.1) is 5.92 Å². The monoisotopic (exact) mass is 252 g/mol. The molecule has 0 heterocycles. The van der Waals surface area contributed by atoms with Gasteiger partial charge in [-0.25, -0.2) is 0 Å². The van der Waals surface area contributed by atoms with Crippen molar-refractivity contribution in [1.82, 2.24) is 10.2 Å². The maximum Gasteiger partial charge on any atom is 0.122 e. The third kappa shape index (κ3) is 4.48. The van der Waals surface area contributed by atoms with E-state index >= 15 is 0 Å². The molecule has 2 nitrogen and oxygen atoms in total. The van der Waals surface area contributed by atoms with Crippen molar-refractivity contribution >= 4 is 23.2 Å². The lowest BCUT2D eigenvalue weighted by Gasteiger charge is -2.23. The lowest BCUT2D eigenvalue weighted by molar-refractivity contribution is 0.270. The first-order chi connectivity index (χ1) is 6.99. The molecule has 0 bridgehead atoms. The molecule has 15 heavy (non-hydrogen) atoms. The highest BCUT2D eigenvalue weighted by molar-refractivity contribution is 6.50. The normalized spacial score (nSPS) is 25.6. The molecule has 0 aromatic rings. The van der Waals surface area contributed by atoms with Crippen LogP contribution < -0.4 is 5.32 Å². The Morgan fingerprint density at radius 1 is 1.40 bits per heavy atom. The Morgan fingerprint density at radius 3 is 2.33 bits per heavy atom. The van der Waals surface area contributed by atoms with Gasteiger partial charge in [-0.05, 0) is 26.4 Å². The molecule has 1 N–H and O–H groups in total. The van der Waals surface area contributed by atoms with E-state index in [1.165, 1.54) is 0 Å². The van der Waals surface area contributed by atoms with Crippen molar-refractivity contribution < 1.29 is 0 Å². The van der Waals surface area contributed by atoms with Crippen LogP contribution in [0.1, 0.15) is 27.2 Å². The average molecular weight is 253 g/mol. The zero-order valence-electron chi connectivity index (χ0n) is 9.89. The summed E-state index contributed by atoms with van der Waals surface area (Å²) in [6, 6.07) is 0.509. The molecule has 1 aliphatic rings. The highest BCUT2D eigenvalue weighted by Crippen LogP contribution is 2.52. The van der Waals surface area contributed by atoms with E-state index in [0.717, 1.165) is 32.6 Å². The van der Waals surface area contributed by atoms with Crippen LogP contribution in [0.25, 0.3) is 0 Å². The van der Waals surface area contributed by atoms with Gasteiger partial charge in [0.1, 0.15) is 4.33 Å². The molecule has 1 saturated carbocycles. The molecule has 0 spiro atoms. The van der Waals surface area contributed by atoms with E-state index in [4.69, 9.17) is 23.2 Å². The van der Waals surface area contributed by atoms with Crippen LogP contribution in [-0.2, 0) is 0 Å². The van der Waals surface area contributed by atoms with E-state index in [0.29, 0.717) is 12.0 Å². The molecule has 4 heteroatoms. The van der Waals surface area contributed by atoms with Crippen LogP contribution >= 0.6 is 23.2 Å². The summed E-state index contributed by atoms with van der Waals surface area (Å²) in [5, 5.41) is 3.49. The van der Waals surface area contributed by atoms with Crippen LogP contribution in [0.4, 0.5) is 0 Å². The predicted molar refractivity (Wildman–Crippen MR) is 67.8 cm³/mol. The number of hydrogen-bond acceptors (Lipinski definition) is 2. The van der Waals surface area contributed by atoms with Crippen molar-refractivity contribution in [3.05, 3.63) is 0 Å². The lowest BCUT2D eigenvalue weighted by atomic mass is 10.3. The average Bonchev–Trinajstić information content (AvgIpc) is 2.80. The second kappa shape index (κ2) is 5.72. The van der Waals surface area contributed by atoms with Gasteiger partial charge in [0.05, 0.1) is 0 Å². The predicted octanol–water partition coefficient (Wildman–Crippen LogP) is 2.50. The molecular formula is C11H22Cl2N2. The fourth-order valence-electron chi connectivity index (χ4n) is 1.77. The third-order valence-corrected chi connectivity index (χ3v) is 4.02. The Kier molecular flexibility index (Phi) is 5.17. The van der Waals surface area contributed by atoms with Crippen molar-refractivity contribution in [3.8, 4) is 0 Å². The summed E-state index contributed by atoms with van der Waals surface area (Å²) >= 11 is 11.9. The van der Waals surface area contributed by atoms with Gasteiger partial charge in [0.15, 0.2) is 0 Å². The molecule has 2 unspecified atom stereocenters. The van der Waals surface area contributed by atoms with Gasteiger partial charge >= 0.3 is 0 Å². The van der Waals surface area contributed by atoms with Crippen LogP contribution in [0.5, 0.6) is 0 Å². The maximum atomic E-state index is 5.97. The van der Waals surface area contributed by atoms with Crippen molar-refractivity contribution in [1.29, 1.82) is 0 Å². The second-order valence-electron chi connectivity index (χ2n) is 4.46. The van der Waals surface area contributed by atoms with Gasteiger partial charge in [-0.3, -0.25) is 0 Å². The maximum absolute atomic E-state index is 5.97. The molecule has 0 radical (unpaired) electrons. The van der Waals surface area contributed by atoms with Gasteiger partial charge in [0.2, 0.25) is 0 Å². The van der Waals surface area contributed by atoms with Crippen LogP contribution in [0.2, 0.25) is 0 Å². The molecular weight excluding hydrogens is 231 g/mol. The van der Waals surface area contributed by atoms with E-state index < -0.39 is 4.33 Å². The Bertz CT molecular complexity index is 193. The SMILES string of the molecule is CCN(CC)CC(C)NCC1CC1(Cl)Cl. The molecule has 0 aromatic heterocycles. The summed E-state index contributed by atoms with van der Waals surface area (Å²) < 4.78 is -0.443. The summed E-state index contributed by atoms with van der Waals surface area (Å²) in [6.45, 7) is 10.9. The second-order valence-corrected chi connectivity index (χ2v) is 6.00. The largest absolute Gasteiger partial charge is 0.313 e. The molecule has 90 valence electrons. The highest BCUT2D eigenvalue weighted by atomic mass is 35.5. The molecule has 1 rings (SSSR count). The minimum absolute atomic E-state index is 0.443. The molecule has 1 aliphatic carbocycles. The van der Waals surface area contributed by atoms with E-state index in [-0.39, 0.29) is 0 Å². The quantitative estimate of drug-likeness (QED) is 0.701. The summed E-state index contributed by atoms with van der Waals surface area (Å²) in [5.41, 5.74) is 0. The van der Waals surface area contributed by atoms with Crippen molar-refractivity contribution in [2.75, 3.05) is 26.2 Å². The zero-order valence-corrected chi connectivity index (χ0v) is 11.4. The molecule has 0 saturated heterocycles. The minimum Gasteiger partial charge on any atom is -0.313 e. The number of hydrogen-bond donors (Lipinski definition) is 1. The first-order valence-corrected chi connectivity index (χ1v) is 6.58. The van der Waals surface area contributed by atoms with Gasteiger partial charge in [-0.2, -0.15) is 0 Å².